The summed E-state index contributed by atoms with van der Waals surface area (Å²) in [5.74, 6) is -1.03. The van der Waals surface area contributed by atoms with E-state index in [-0.39, 0.29) is 16.4 Å². The summed E-state index contributed by atoms with van der Waals surface area (Å²) >= 11 is 15.7. The number of nitrogens with one attached hydrogen (secondary N) is 1. The van der Waals surface area contributed by atoms with E-state index in [1.54, 1.807) is 48.5 Å². The van der Waals surface area contributed by atoms with E-state index in [2.05, 4.69) is 26.4 Å². The smallest absolute Gasteiger partial charge is 0.322 e. The number of rotatable bonds is 2. The van der Waals surface area contributed by atoms with Gasteiger partial charge in [0.2, 0.25) is 0 Å². The molecule has 150 valence electrons. The van der Waals surface area contributed by atoms with Gasteiger partial charge in [-0.25, -0.2) is 4.39 Å². The molecular formula is C21H11BrCl2FN3O2. The molecule has 1 atom stereocenters. The highest BCUT2D eigenvalue weighted by Crippen LogP contribution is 2.48. The molecule has 5 nitrogen and oxygen atoms in total. The van der Waals surface area contributed by atoms with Crippen molar-refractivity contribution in [3.63, 3.8) is 0 Å². The molecule has 2 aliphatic heterocycles. The van der Waals surface area contributed by atoms with Crippen LogP contribution >= 0.6 is 39.1 Å². The van der Waals surface area contributed by atoms with Crippen LogP contribution in [-0.4, -0.2) is 11.7 Å². The molecular weight excluding hydrogens is 496 g/mol. The van der Waals surface area contributed by atoms with Gasteiger partial charge in [-0.3, -0.25) is 9.69 Å². The van der Waals surface area contributed by atoms with Crippen molar-refractivity contribution < 1.29 is 14.0 Å². The van der Waals surface area contributed by atoms with E-state index in [9.17, 15) is 9.18 Å². The summed E-state index contributed by atoms with van der Waals surface area (Å²) in [5.41, 5.74) is 0.0198. The number of nitrogens with zero attached hydrogens (tertiary/aromatic N) is 2. The predicted molar refractivity (Wildman–Crippen MR) is 117 cm³/mol. The van der Waals surface area contributed by atoms with Crippen molar-refractivity contribution in [2.75, 3.05) is 10.2 Å². The number of benzene rings is 3. The number of hydrogen-bond donors (Lipinski definition) is 1. The number of amidine groups is 1. The van der Waals surface area contributed by atoms with Crippen molar-refractivity contribution >= 4 is 62.2 Å². The molecule has 0 saturated carbocycles. The van der Waals surface area contributed by atoms with Gasteiger partial charge < -0.3 is 10.2 Å². The van der Waals surface area contributed by atoms with Gasteiger partial charge in [-0.1, -0.05) is 56.4 Å². The van der Waals surface area contributed by atoms with E-state index in [0.29, 0.717) is 22.0 Å². The Bertz CT molecular complexity index is 1250. The van der Waals surface area contributed by atoms with Gasteiger partial charge in [-0.15, -0.1) is 0 Å². The van der Waals surface area contributed by atoms with E-state index in [4.69, 9.17) is 28.0 Å². The third kappa shape index (κ3) is 2.73. The summed E-state index contributed by atoms with van der Waals surface area (Å²) in [7, 11) is 0. The zero-order valence-electron chi connectivity index (χ0n) is 15.0. The lowest BCUT2D eigenvalue weighted by Crippen LogP contribution is -2.51. The standard InChI is InChI=1S/C21H11BrCl2FN3O2/c22-11-7-8-17-15(9-11)21(20(29)26-17)28(13-4-1-3-12(23)10-13)19(27-30-21)14-5-2-6-16(24)18(14)25/h1-10H,(H,26,29)/t21-/m0/s1. The van der Waals surface area contributed by atoms with Gasteiger partial charge in [0.1, 0.15) is 0 Å². The SMILES string of the molecule is O=C1Nc2ccc(Br)cc2[C@]12ON=C(c1cccc(Cl)c1F)N2c1cccc(Cl)c1. The normalized spacial score (nSPS) is 19.5. The highest BCUT2D eigenvalue weighted by Gasteiger charge is 2.60. The Kier molecular flexibility index (Phi) is 4.50. The van der Waals surface area contributed by atoms with Crippen molar-refractivity contribution in [2.45, 2.75) is 5.72 Å². The minimum Gasteiger partial charge on any atom is -0.349 e. The van der Waals surface area contributed by atoms with E-state index < -0.39 is 17.4 Å². The molecule has 0 fully saturated rings. The fourth-order valence-corrected chi connectivity index (χ4v) is 4.37. The van der Waals surface area contributed by atoms with Gasteiger partial charge in [-0.05, 0) is 48.5 Å². The number of carbonyl (C=O) groups excluding carboxylic acids is 1. The molecule has 0 aliphatic carbocycles. The number of hydrogen-bond acceptors (Lipinski definition) is 4. The topological polar surface area (TPSA) is 53.9 Å². The maximum atomic E-state index is 14.9. The van der Waals surface area contributed by atoms with Crippen LogP contribution in [0, 0.1) is 5.82 Å². The largest absolute Gasteiger partial charge is 0.349 e. The average Bonchev–Trinajstić information content (AvgIpc) is 3.24. The minimum absolute atomic E-state index is 0.0683. The first-order chi connectivity index (χ1) is 14.4. The van der Waals surface area contributed by atoms with Crippen molar-refractivity contribution in [2.24, 2.45) is 5.16 Å². The van der Waals surface area contributed by atoms with Gasteiger partial charge in [-0.2, -0.15) is 0 Å². The summed E-state index contributed by atoms with van der Waals surface area (Å²) in [5, 5.41) is 7.32. The lowest BCUT2D eigenvalue weighted by atomic mass is 10.00. The molecule has 0 unspecified atom stereocenters. The second-order valence-corrected chi connectivity index (χ2v) is 8.47. The van der Waals surface area contributed by atoms with Crippen LogP contribution in [0.2, 0.25) is 10.0 Å². The Balaban J connectivity index is 1.78. The van der Waals surface area contributed by atoms with Crippen LogP contribution in [-0.2, 0) is 15.4 Å². The van der Waals surface area contributed by atoms with E-state index in [1.807, 2.05) is 0 Å². The van der Waals surface area contributed by atoms with Crippen LogP contribution in [0.5, 0.6) is 0 Å². The van der Waals surface area contributed by atoms with Crippen molar-refractivity contribution in [3.05, 3.63) is 92.1 Å². The highest BCUT2D eigenvalue weighted by atomic mass is 79.9. The highest BCUT2D eigenvalue weighted by molar-refractivity contribution is 9.10. The Morgan fingerprint density at radius 2 is 1.90 bits per heavy atom. The minimum atomic E-state index is -1.67. The van der Waals surface area contributed by atoms with E-state index >= 15 is 0 Å². The van der Waals surface area contributed by atoms with Crippen LogP contribution in [0.15, 0.2) is 70.3 Å². The van der Waals surface area contributed by atoms with Crippen LogP contribution in [0.4, 0.5) is 15.8 Å². The van der Waals surface area contributed by atoms with Crippen LogP contribution in [0.1, 0.15) is 11.1 Å². The predicted octanol–water partition coefficient (Wildman–Crippen LogP) is 5.90. The van der Waals surface area contributed by atoms with Crippen LogP contribution < -0.4 is 10.2 Å². The van der Waals surface area contributed by atoms with Crippen molar-refractivity contribution in [1.82, 2.24) is 0 Å². The van der Waals surface area contributed by atoms with Gasteiger partial charge >= 0.3 is 5.72 Å². The van der Waals surface area contributed by atoms with Gasteiger partial charge in [0.25, 0.3) is 5.91 Å². The third-order valence-electron chi connectivity index (χ3n) is 4.95. The second-order valence-electron chi connectivity index (χ2n) is 6.71. The van der Waals surface area contributed by atoms with E-state index in [0.717, 1.165) is 4.47 Å². The molecule has 3 aromatic rings. The monoisotopic (exact) mass is 505 g/mol. The first-order valence-electron chi connectivity index (χ1n) is 8.79. The molecule has 1 spiro atoms. The third-order valence-corrected chi connectivity index (χ3v) is 5.97. The zero-order chi connectivity index (χ0) is 21.0. The van der Waals surface area contributed by atoms with E-state index in [1.165, 1.54) is 17.0 Å². The average molecular weight is 507 g/mol. The summed E-state index contributed by atoms with van der Waals surface area (Å²) in [6.45, 7) is 0. The molecule has 2 aliphatic rings. The second kappa shape index (κ2) is 6.97. The molecule has 9 heteroatoms. The van der Waals surface area contributed by atoms with Gasteiger partial charge in [0, 0.05) is 15.2 Å². The molecule has 1 amide bonds. The first kappa shape index (κ1) is 19.4. The molecule has 0 bridgehead atoms. The van der Waals surface area contributed by atoms with Crippen LogP contribution in [0.25, 0.3) is 0 Å². The lowest BCUT2D eigenvalue weighted by molar-refractivity contribution is -0.137. The number of anilines is 2. The summed E-state index contributed by atoms with van der Waals surface area (Å²) < 4.78 is 15.7. The molecule has 0 saturated heterocycles. The Morgan fingerprint density at radius 3 is 2.70 bits per heavy atom. The molecule has 0 aromatic heterocycles. The lowest BCUT2D eigenvalue weighted by Gasteiger charge is -2.32. The number of fused-ring (bicyclic) bond motifs is 2. The summed E-state index contributed by atoms with van der Waals surface area (Å²) in [4.78, 5) is 20.6. The van der Waals surface area contributed by atoms with Gasteiger partial charge in [0.05, 0.1) is 21.8 Å². The summed E-state index contributed by atoms with van der Waals surface area (Å²) in [6.07, 6.45) is 0. The quantitative estimate of drug-likeness (QED) is 0.471. The fourth-order valence-electron chi connectivity index (χ4n) is 3.65. The molecule has 2 heterocycles. The first-order valence-corrected chi connectivity index (χ1v) is 10.3. The fraction of sp³-hybridized carbons (Fsp3) is 0.0476. The molecule has 30 heavy (non-hydrogen) atoms. The molecule has 1 N–H and O–H groups in total. The number of amides is 1. The molecule has 3 aromatic carbocycles. The van der Waals surface area contributed by atoms with Gasteiger partial charge in [0.15, 0.2) is 11.7 Å². The summed E-state index contributed by atoms with van der Waals surface area (Å²) in [6, 6.07) is 16.7. The molecule has 5 rings (SSSR count). The maximum absolute atomic E-state index is 14.9. The Hall–Kier alpha value is -2.61. The number of carbonyl (C=O) groups is 1. The Labute approximate surface area is 189 Å². The van der Waals surface area contributed by atoms with Crippen LogP contribution in [0.3, 0.4) is 0 Å². The molecule has 0 radical (unpaired) electrons. The Morgan fingerprint density at radius 1 is 1.10 bits per heavy atom. The van der Waals surface area contributed by atoms with Crippen molar-refractivity contribution in [3.8, 4) is 0 Å². The number of oxime groups is 1. The number of halogens is 4. The zero-order valence-corrected chi connectivity index (χ0v) is 18.1. The van der Waals surface area contributed by atoms with Crippen molar-refractivity contribution in [1.29, 1.82) is 0 Å². The maximum Gasteiger partial charge on any atom is 0.322 e.